The highest BCUT2D eigenvalue weighted by Gasteiger charge is 2.28. The molecule has 1 amide bonds. The van der Waals surface area contributed by atoms with Crippen LogP contribution in [0.15, 0.2) is 47.4 Å². The maximum atomic E-state index is 13.1. The van der Waals surface area contributed by atoms with E-state index in [1.54, 1.807) is 6.07 Å². The van der Waals surface area contributed by atoms with E-state index in [-0.39, 0.29) is 21.4 Å². The average Bonchev–Trinajstić information content (AvgIpc) is 2.84. The van der Waals surface area contributed by atoms with Crippen LogP contribution in [0.1, 0.15) is 40.7 Å². The highest BCUT2D eigenvalue weighted by Crippen LogP contribution is 2.28. The molecular weight excluding hydrogens is 462 g/mol. The molecule has 0 radical (unpaired) electrons. The molecule has 2 saturated heterocycles. The number of halogens is 1. The van der Waals surface area contributed by atoms with Crippen LogP contribution in [0.5, 0.6) is 0 Å². The third-order valence-corrected chi connectivity index (χ3v) is 8.46. The topological polar surface area (TPSA) is 79.0 Å². The zero-order valence-corrected chi connectivity index (χ0v) is 20.2. The standard InChI is InChI=1S/C24H30ClN3O4S/c25-22-8-7-21(16-23(22)33(30,31)28-9-2-1-3-10-28)24(29)26-17-19-5-4-6-20(15-19)18-27-11-13-32-14-12-27/h4-8,15-16H,1-3,9-14,17-18H2,(H,26,29). The Morgan fingerprint density at radius 1 is 0.970 bits per heavy atom. The summed E-state index contributed by atoms with van der Waals surface area (Å²) >= 11 is 6.23. The first-order valence-corrected chi connectivity index (χ1v) is 13.2. The largest absolute Gasteiger partial charge is 0.379 e. The second kappa shape index (κ2) is 11.0. The van der Waals surface area contributed by atoms with Crippen molar-refractivity contribution in [1.82, 2.24) is 14.5 Å². The van der Waals surface area contributed by atoms with Crippen molar-refractivity contribution in [1.29, 1.82) is 0 Å². The molecule has 0 saturated carbocycles. The number of rotatable bonds is 7. The lowest BCUT2D eigenvalue weighted by molar-refractivity contribution is 0.0342. The summed E-state index contributed by atoms with van der Waals surface area (Å²) in [6, 6.07) is 12.6. The first-order chi connectivity index (χ1) is 15.9. The number of benzene rings is 2. The molecule has 1 N–H and O–H groups in total. The molecule has 2 heterocycles. The van der Waals surface area contributed by atoms with Crippen LogP contribution >= 0.6 is 11.6 Å². The van der Waals surface area contributed by atoms with Crippen molar-refractivity contribution in [3.05, 3.63) is 64.2 Å². The summed E-state index contributed by atoms with van der Waals surface area (Å²) < 4.78 is 33.0. The minimum Gasteiger partial charge on any atom is -0.379 e. The lowest BCUT2D eigenvalue weighted by atomic mass is 10.1. The Morgan fingerprint density at radius 3 is 2.45 bits per heavy atom. The minimum atomic E-state index is -3.73. The number of nitrogens with zero attached hydrogens (tertiary/aromatic N) is 2. The second-order valence-corrected chi connectivity index (χ2v) is 10.8. The van der Waals surface area contributed by atoms with Gasteiger partial charge in [0.2, 0.25) is 10.0 Å². The van der Waals surface area contributed by atoms with E-state index >= 15 is 0 Å². The van der Waals surface area contributed by atoms with Crippen LogP contribution in [0.2, 0.25) is 5.02 Å². The van der Waals surface area contributed by atoms with E-state index in [0.29, 0.717) is 19.6 Å². The van der Waals surface area contributed by atoms with Gasteiger partial charge in [0.1, 0.15) is 4.90 Å². The summed E-state index contributed by atoms with van der Waals surface area (Å²) in [4.78, 5) is 15.1. The molecule has 2 aliphatic heterocycles. The number of carbonyl (C=O) groups excluding carboxylic acids is 1. The normalized spacial score (nSPS) is 18.2. The predicted octanol–water partition coefficient (Wildman–Crippen LogP) is 3.28. The third kappa shape index (κ3) is 6.13. The monoisotopic (exact) mass is 491 g/mol. The Hall–Kier alpha value is -1.97. The fourth-order valence-electron chi connectivity index (χ4n) is 4.23. The Labute approximate surface area is 200 Å². The van der Waals surface area contributed by atoms with Crippen LogP contribution in [0.3, 0.4) is 0 Å². The van der Waals surface area contributed by atoms with Gasteiger partial charge in [-0.05, 0) is 42.2 Å². The van der Waals surface area contributed by atoms with Gasteiger partial charge in [-0.3, -0.25) is 9.69 Å². The fraction of sp³-hybridized carbons (Fsp3) is 0.458. The van der Waals surface area contributed by atoms with Gasteiger partial charge in [-0.2, -0.15) is 4.31 Å². The van der Waals surface area contributed by atoms with Crippen molar-refractivity contribution < 1.29 is 17.9 Å². The van der Waals surface area contributed by atoms with Gasteiger partial charge in [-0.25, -0.2) is 8.42 Å². The van der Waals surface area contributed by atoms with Crippen LogP contribution < -0.4 is 5.32 Å². The van der Waals surface area contributed by atoms with Gasteiger partial charge in [0.25, 0.3) is 5.91 Å². The zero-order valence-electron chi connectivity index (χ0n) is 18.6. The number of nitrogens with one attached hydrogen (secondary N) is 1. The number of sulfonamides is 1. The van der Waals surface area contributed by atoms with E-state index in [0.717, 1.165) is 57.7 Å². The van der Waals surface area contributed by atoms with Gasteiger partial charge >= 0.3 is 0 Å². The number of ether oxygens (including phenoxy) is 1. The van der Waals surface area contributed by atoms with Gasteiger partial charge in [0.15, 0.2) is 0 Å². The van der Waals surface area contributed by atoms with Crippen LogP contribution in [-0.4, -0.2) is 62.9 Å². The van der Waals surface area contributed by atoms with Crippen LogP contribution in [0.25, 0.3) is 0 Å². The predicted molar refractivity (Wildman–Crippen MR) is 128 cm³/mol. The highest BCUT2D eigenvalue weighted by molar-refractivity contribution is 7.89. The van der Waals surface area contributed by atoms with Crippen molar-refractivity contribution in [2.45, 2.75) is 37.2 Å². The van der Waals surface area contributed by atoms with E-state index in [9.17, 15) is 13.2 Å². The molecule has 0 aliphatic carbocycles. The molecule has 2 aliphatic rings. The van der Waals surface area contributed by atoms with Crippen molar-refractivity contribution in [2.75, 3.05) is 39.4 Å². The Bertz CT molecular complexity index is 1080. The third-order valence-electron chi connectivity index (χ3n) is 6.08. The summed E-state index contributed by atoms with van der Waals surface area (Å²) in [6.45, 7) is 5.51. The summed E-state index contributed by atoms with van der Waals surface area (Å²) in [5.41, 5.74) is 2.45. The fourth-order valence-corrected chi connectivity index (χ4v) is 6.24. The molecule has 9 heteroatoms. The maximum absolute atomic E-state index is 13.1. The minimum absolute atomic E-state index is 0.00812. The van der Waals surface area contributed by atoms with E-state index in [1.807, 2.05) is 12.1 Å². The molecular formula is C24H30ClN3O4S. The van der Waals surface area contributed by atoms with Crippen molar-refractivity contribution >= 4 is 27.5 Å². The number of hydrogen-bond acceptors (Lipinski definition) is 5. The molecule has 178 valence electrons. The van der Waals surface area contributed by atoms with Crippen molar-refractivity contribution in [3.8, 4) is 0 Å². The second-order valence-electron chi connectivity index (χ2n) is 8.50. The van der Waals surface area contributed by atoms with Crippen LogP contribution in [-0.2, 0) is 27.8 Å². The summed E-state index contributed by atoms with van der Waals surface area (Å²) in [7, 11) is -3.73. The molecule has 4 rings (SSSR count). The molecule has 2 aromatic rings. The number of amides is 1. The molecule has 2 fully saturated rings. The van der Waals surface area contributed by atoms with Gasteiger partial charge in [-0.15, -0.1) is 0 Å². The van der Waals surface area contributed by atoms with Gasteiger partial charge in [-0.1, -0.05) is 42.3 Å². The Morgan fingerprint density at radius 2 is 1.70 bits per heavy atom. The number of piperidine rings is 1. The van der Waals surface area contributed by atoms with E-state index in [2.05, 4.69) is 22.3 Å². The lowest BCUT2D eigenvalue weighted by Crippen LogP contribution is -2.36. The number of morpholine rings is 1. The van der Waals surface area contributed by atoms with Crippen LogP contribution in [0.4, 0.5) is 0 Å². The summed E-state index contributed by atoms with van der Waals surface area (Å²) in [5, 5.41) is 3.03. The SMILES string of the molecule is O=C(NCc1cccc(CN2CCOCC2)c1)c1ccc(Cl)c(S(=O)(=O)N2CCCCC2)c1. The average molecular weight is 492 g/mol. The van der Waals surface area contributed by atoms with Crippen LogP contribution in [0, 0.1) is 0 Å². The lowest BCUT2D eigenvalue weighted by Gasteiger charge is -2.26. The molecule has 0 bridgehead atoms. The first-order valence-electron chi connectivity index (χ1n) is 11.4. The highest BCUT2D eigenvalue weighted by atomic mass is 35.5. The van der Waals surface area contributed by atoms with E-state index < -0.39 is 10.0 Å². The van der Waals surface area contributed by atoms with Crippen molar-refractivity contribution in [2.24, 2.45) is 0 Å². The number of hydrogen-bond donors (Lipinski definition) is 1. The molecule has 0 atom stereocenters. The molecule has 33 heavy (non-hydrogen) atoms. The Balaban J connectivity index is 1.42. The summed E-state index contributed by atoms with van der Waals surface area (Å²) in [6.07, 6.45) is 2.69. The molecule has 0 unspecified atom stereocenters. The summed E-state index contributed by atoms with van der Waals surface area (Å²) in [5.74, 6) is -0.333. The molecule has 2 aromatic carbocycles. The van der Waals surface area contributed by atoms with E-state index in [1.165, 1.54) is 22.0 Å². The molecule has 7 nitrogen and oxygen atoms in total. The first kappa shape index (κ1) is 24.2. The zero-order chi connectivity index (χ0) is 23.3. The Kier molecular flexibility index (Phi) is 8.03. The molecule has 0 aromatic heterocycles. The maximum Gasteiger partial charge on any atom is 0.251 e. The smallest absolute Gasteiger partial charge is 0.251 e. The van der Waals surface area contributed by atoms with Crippen molar-refractivity contribution in [3.63, 3.8) is 0 Å². The molecule has 0 spiro atoms. The van der Waals surface area contributed by atoms with Gasteiger partial charge in [0.05, 0.1) is 18.2 Å². The van der Waals surface area contributed by atoms with Gasteiger partial charge in [0, 0.05) is 44.8 Å². The van der Waals surface area contributed by atoms with E-state index in [4.69, 9.17) is 16.3 Å². The van der Waals surface area contributed by atoms with Gasteiger partial charge < -0.3 is 10.1 Å². The quantitative estimate of drug-likeness (QED) is 0.643. The number of carbonyl (C=O) groups is 1.